The number of anilines is 1. The molecule has 0 radical (unpaired) electrons. The van der Waals surface area contributed by atoms with Gasteiger partial charge in [-0.2, -0.15) is 0 Å². The summed E-state index contributed by atoms with van der Waals surface area (Å²) < 4.78 is 0.992. The highest BCUT2D eigenvalue weighted by Gasteiger charge is 2.12. The molecule has 0 aliphatic rings. The highest BCUT2D eigenvalue weighted by molar-refractivity contribution is 9.10. The minimum atomic E-state index is 0.813. The van der Waals surface area contributed by atoms with Crippen molar-refractivity contribution in [3.63, 3.8) is 0 Å². The predicted molar refractivity (Wildman–Crippen MR) is 81.2 cm³/mol. The van der Waals surface area contributed by atoms with Gasteiger partial charge in [0.2, 0.25) is 0 Å². The molecule has 18 heavy (non-hydrogen) atoms. The van der Waals surface area contributed by atoms with Crippen molar-refractivity contribution in [2.75, 3.05) is 11.9 Å². The molecule has 2 heterocycles. The van der Waals surface area contributed by atoms with Gasteiger partial charge in [0, 0.05) is 6.54 Å². The highest BCUT2D eigenvalue weighted by atomic mass is 79.9. The first-order valence-corrected chi connectivity index (χ1v) is 7.77. The zero-order valence-electron chi connectivity index (χ0n) is 10.5. The zero-order chi connectivity index (χ0) is 13.0. The summed E-state index contributed by atoms with van der Waals surface area (Å²) in [4.78, 5) is 10.4. The first-order valence-electron chi connectivity index (χ1n) is 6.10. The van der Waals surface area contributed by atoms with Crippen molar-refractivity contribution >= 4 is 33.1 Å². The van der Waals surface area contributed by atoms with Crippen LogP contribution in [0.4, 0.5) is 5.82 Å². The smallest absolute Gasteiger partial charge is 0.171 e. The number of nitrogens with one attached hydrogen (secondary N) is 1. The first-order chi connectivity index (χ1) is 8.76. The van der Waals surface area contributed by atoms with Crippen molar-refractivity contribution < 1.29 is 0 Å². The van der Waals surface area contributed by atoms with Crippen LogP contribution >= 0.6 is 27.3 Å². The quantitative estimate of drug-likeness (QED) is 0.887. The second-order valence-electron chi connectivity index (χ2n) is 3.91. The summed E-state index contributed by atoms with van der Waals surface area (Å²) in [6.45, 7) is 5.08. The minimum Gasteiger partial charge on any atom is -0.369 e. The lowest BCUT2D eigenvalue weighted by Gasteiger charge is -2.11. The van der Waals surface area contributed by atoms with E-state index in [0.717, 1.165) is 46.1 Å². The number of rotatable bonds is 5. The van der Waals surface area contributed by atoms with E-state index in [0.29, 0.717) is 0 Å². The van der Waals surface area contributed by atoms with E-state index in [1.165, 1.54) is 0 Å². The molecule has 2 aromatic heterocycles. The van der Waals surface area contributed by atoms with Gasteiger partial charge in [-0.1, -0.05) is 19.4 Å². The topological polar surface area (TPSA) is 37.8 Å². The van der Waals surface area contributed by atoms with Crippen molar-refractivity contribution in [3.05, 3.63) is 27.7 Å². The molecule has 0 saturated carbocycles. The Morgan fingerprint density at radius 2 is 2.17 bits per heavy atom. The van der Waals surface area contributed by atoms with E-state index in [2.05, 4.69) is 51.1 Å². The molecular formula is C13H16BrN3S. The van der Waals surface area contributed by atoms with Crippen molar-refractivity contribution in [1.29, 1.82) is 0 Å². The fourth-order valence-electron chi connectivity index (χ4n) is 1.70. The Morgan fingerprint density at radius 1 is 1.33 bits per heavy atom. The maximum absolute atomic E-state index is 4.66. The Balaban J connectivity index is 2.47. The third-order valence-corrected chi connectivity index (χ3v) is 4.19. The molecule has 3 nitrogen and oxygen atoms in total. The second kappa shape index (κ2) is 6.29. The van der Waals surface area contributed by atoms with Crippen LogP contribution in [0, 0.1) is 0 Å². The molecule has 2 aromatic rings. The summed E-state index contributed by atoms with van der Waals surface area (Å²) in [5.74, 6) is 1.70. The van der Waals surface area contributed by atoms with Crippen LogP contribution in [0.3, 0.4) is 0 Å². The summed E-state index contributed by atoms with van der Waals surface area (Å²) in [7, 11) is 0. The van der Waals surface area contributed by atoms with Crippen LogP contribution in [-0.4, -0.2) is 16.5 Å². The van der Waals surface area contributed by atoms with Gasteiger partial charge in [0.1, 0.15) is 5.82 Å². The minimum absolute atomic E-state index is 0.813. The van der Waals surface area contributed by atoms with Gasteiger partial charge in [-0.3, -0.25) is 0 Å². The first kappa shape index (κ1) is 13.5. The molecule has 1 N–H and O–H groups in total. The third-order valence-electron chi connectivity index (χ3n) is 2.49. The van der Waals surface area contributed by atoms with Crippen LogP contribution in [0.25, 0.3) is 10.7 Å². The molecule has 2 rings (SSSR count). The average Bonchev–Trinajstić information content (AvgIpc) is 2.88. The number of nitrogens with zero attached hydrogens (tertiary/aromatic N) is 2. The Morgan fingerprint density at radius 3 is 2.78 bits per heavy atom. The van der Waals surface area contributed by atoms with Crippen molar-refractivity contribution in [2.24, 2.45) is 0 Å². The molecule has 5 heteroatoms. The number of hydrogen-bond donors (Lipinski definition) is 1. The number of aryl methyl sites for hydroxylation is 1. The highest BCUT2D eigenvalue weighted by Crippen LogP contribution is 2.29. The zero-order valence-corrected chi connectivity index (χ0v) is 12.9. The lowest BCUT2D eigenvalue weighted by Crippen LogP contribution is -2.05. The van der Waals surface area contributed by atoms with Crippen LogP contribution in [-0.2, 0) is 6.42 Å². The summed E-state index contributed by atoms with van der Waals surface area (Å²) in [5, 5.41) is 5.33. The predicted octanol–water partition coefficient (Wildman–Crippen LogP) is 4.35. The molecule has 0 aliphatic carbocycles. The fraction of sp³-hybridized carbons (Fsp3) is 0.385. The molecular weight excluding hydrogens is 310 g/mol. The molecule has 0 bridgehead atoms. The van der Waals surface area contributed by atoms with E-state index < -0.39 is 0 Å². The molecule has 0 atom stereocenters. The summed E-state index contributed by atoms with van der Waals surface area (Å²) in [6.07, 6.45) is 2.03. The molecule has 0 saturated heterocycles. The Labute approximate surface area is 120 Å². The fourth-order valence-corrected chi connectivity index (χ4v) is 2.87. The molecule has 0 fully saturated rings. The number of aromatic nitrogens is 2. The summed E-state index contributed by atoms with van der Waals surface area (Å²) in [6, 6.07) is 4.08. The van der Waals surface area contributed by atoms with Gasteiger partial charge in [-0.25, -0.2) is 9.97 Å². The van der Waals surface area contributed by atoms with E-state index in [4.69, 9.17) is 0 Å². The van der Waals surface area contributed by atoms with Crippen LogP contribution in [0.1, 0.15) is 26.0 Å². The van der Waals surface area contributed by atoms with Gasteiger partial charge in [-0.05, 0) is 40.7 Å². The van der Waals surface area contributed by atoms with Crippen LogP contribution in [0.5, 0.6) is 0 Å². The summed E-state index contributed by atoms with van der Waals surface area (Å²) in [5.41, 5.74) is 1.08. The van der Waals surface area contributed by atoms with Crippen molar-refractivity contribution in [3.8, 4) is 10.7 Å². The molecule has 0 unspecified atom stereocenters. The monoisotopic (exact) mass is 325 g/mol. The van der Waals surface area contributed by atoms with E-state index in [1.807, 2.05) is 11.4 Å². The maximum atomic E-state index is 4.66. The van der Waals surface area contributed by atoms with Gasteiger partial charge in [-0.15, -0.1) is 11.3 Å². The largest absolute Gasteiger partial charge is 0.369 e. The van der Waals surface area contributed by atoms with Gasteiger partial charge >= 0.3 is 0 Å². The molecule has 96 valence electrons. The number of thiophene rings is 1. The Hall–Kier alpha value is -0.940. The molecule has 0 spiro atoms. The second-order valence-corrected chi connectivity index (χ2v) is 5.65. The van der Waals surface area contributed by atoms with Gasteiger partial charge in [0.05, 0.1) is 15.0 Å². The number of halogens is 1. The van der Waals surface area contributed by atoms with E-state index >= 15 is 0 Å². The van der Waals surface area contributed by atoms with Crippen molar-refractivity contribution in [2.45, 2.75) is 26.7 Å². The molecule has 0 aromatic carbocycles. The van der Waals surface area contributed by atoms with Crippen LogP contribution in [0.15, 0.2) is 22.0 Å². The van der Waals surface area contributed by atoms with Gasteiger partial charge < -0.3 is 5.32 Å². The van der Waals surface area contributed by atoms with E-state index in [1.54, 1.807) is 11.3 Å². The van der Waals surface area contributed by atoms with Crippen molar-refractivity contribution in [1.82, 2.24) is 9.97 Å². The van der Waals surface area contributed by atoms with E-state index in [-0.39, 0.29) is 0 Å². The number of hydrogen-bond acceptors (Lipinski definition) is 4. The summed E-state index contributed by atoms with van der Waals surface area (Å²) >= 11 is 5.26. The van der Waals surface area contributed by atoms with Crippen LogP contribution < -0.4 is 5.32 Å². The lowest BCUT2D eigenvalue weighted by atomic mass is 10.2. The van der Waals surface area contributed by atoms with Gasteiger partial charge in [0.15, 0.2) is 5.82 Å². The standard InChI is InChI=1S/C13H16BrN3S/c1-3-6-9-11(14)13(15-4-2)17-12(16-9)10-7-5-8-18-10/h5,7-8H,3-4,6H2,1-2H3,(H,15,16,17). The molecule has 0 aliphatic heterocycles. The van der Waals surface area contributed by atoms with E-state index in [9.17, 15) is 0 Å². The maximum Gasteiger partial charge on any atom is 0.171 e. The SMILES string of the molecule is CCCc1nc(-c2cccs2)nc(NCC)c1Br. The van der Waals surface area contributed by atoms with Crippen LogP contribution in [0.2, 0.25) is 0 Å². The Kier molecular flexibility index (Phi) is 4.72. The third kappa shape index (κ3) is 2.90. The molecule has 0 amide bonds. The normalized spacial score (nSPS) is 10.6. The lowest BCUT2D eigenvalue weighted by molar-refractivity contribution is 0.868. The van der Waals surface area contributed by atoms with Gasteiger partial charge in [0.25, 0.3) is 0 Å². The Bertz CT molecular complexity index is 484. The average molecular weight is 326 g/mol.